The fourth-order valence-corrected chi connectivity index (χ4v) is 3.89. The molecule has 130 valence electrons. The zero-order valence-corrected chi connectivity index (χ0v) is 15.4. The molecule has 0 atom stereocenters. The van der Waals surface area contributed by atoms with Crippen LogP contribution in [-0.4, -0.2) is 44.5 Å². The lowest BCUT2D eigenvalue weighted by atomic mass is 9.73. The van der Waals surface area contributed by atoms with E-state index in [9.17, 15) is 0 Å². The van der Waals surface area contributed by atoms with Crippen molar-refractivity contribution in [1.82, 2.24) is 5.32 Å². The summed E-state index contributed by atoms with van der Waals surface area (Å²) in [5, 5.41) is 3.43. The third kappa shape index (κ3) is 2.67. The first kappa shape index (κ1) is 16.4. The summed E-state index contributed by atoms with van der Waals surface area (Å²) in [5.74, 6) is 0. The maximum atomic E-state index is 6.14. The molecule has 0 aromatic heterocycles. The van der Waals surface area contributed by atoms with E-state index in [0.29, 0.717) is 5.41 Å². The highest BCUT2D eigenvalue weighted by atomic mass is 16.7. The van der Waals surface area contributed by atoms with E-state index in [1.165, 1.54) is 31.6 Å². The molecule has 3 saturated heterocycles. The summed E-state index contributed by atoms with van der Waals surface area (Å²) in [6.07, 6.45) is 2.61. The number of rotatable bonds is 2. The van der Waals surface area contributed by atoms with E-state index in [4.69, 9.17) is 9.31 Å². The monoisotopic (exact) mass is 328 g/mol. The maximum absolute atomic E-state index is 6.14. The second-order valence-electron chi connectivity index (χ2n) is 8.77. The zero-order chi connectivity index (χ0) is 17.0. The minimum atomic E-state index is -0.283. The molecular formula is C19H29BN2O2. The van der Waals surface area contributed by atoms with E-state index < -0.39 is 0 Å². The van der Waals surface area contributed by atoms with Gasteiger partial charge in [-0.15, -0.1) is 0 Å². The van der Waals surface area contributed by atoms with Gasteiger partial charge >= 0.3 is 7.12 Å². The van der Waals surface area contributed by atoms with Crippen molar-refractivity contribution in [3.05, 3.63) is 24.3 Å². The second-order valence-corrected chi connectivity index (χ2v) is 8.77. The van der Waals surface area contributed by atoms with Gasteiger partial charge in [-0.1, -0.05) is 12.1 Å². The molecule has 1 N–H and O–H groups in total. The van der Waals surface area contributed by atoms with Gasteiger partial charge in [0.2, 0.25) is 0 Å². The van der Waals surface area contributed by atoms with Gasteiger partial charge in [0, 0.05) is 31.9 Å². The highest BCUT2D eigenvalue weighted by molar-refractivity contribution is 6.62. The Morgan fingerprint density at radius 2 is 1.46 bits per heavy atom. The molecule has 1 spiro atoms. The highest BCUT2D eigenvalue weighted by Crippen LogP contribution is 2.37. The van der Waals surface area contributed by atoms with Crippen LogP contribution in [0, 0.1) is 5.41 Å². The standard InChI is InChI=1S/C19H29BN2O2/c1-17(2)18(3,4)24-20(23-17)15-5-7-16(8-6-15)22-11-9-19(10-12-22)13-21-14-19/h5-8,21H,9-14H2,1-4H3. The molecule has 0 unspecified atom stereocenters. The Morgan fingerprint density at radius 3 is 1.92 bits per heavy atom. The Labute approximate surface area is 146 Å². The largest absolute Gasteiger partial charge is 0.494 e. The van der Waals surface area contributed by atoms with Crippen LogP contribution in [0.25, 0.3) is 0 Å². The van der Waals surface area contributed by atoms with Crippen LogP contribution in [0.15, 0.2) is 24.3 Å². The molecule has 4 nitrogen and oxygen atoms in total. The summed E-state index contributed by atoms with van der Waals surface area (Å²) < 4.78 is 12.3. The quantitative estimate of drug-likeness (QED) is 0.844. The average molecular weight is 328 g/mol. The summed E-state index contributed by atoms with van der Waals surface area (Å²) in [5.41, 5.74) is 2.45. The van der Waals surface area contributed by atoms with E-state index in [0.717, 1.165) is 18.6 Å². The van der Waals surface area contributed by atoms with Gasteiger partial charge in [0.05, 0.1) is 11.2 Å². The number of hydrogen-bond acceptors (Lipinski definition) is 4. The van der Waals surface area contributed by atoms with Crippen molar-refractivity contribution in [2.24, 2.45) is 5.41 Å². The number of nitrogens with one attached hydrogen (secondary N) is 1. The first-order valence-corrected chi connectivity index (χ1v) is 9.22. The third-order valence-corrected chi connectivity index (χ3v) is 6.61. The Morgan fingerprint density at radius 1 is 0.917 bits per heavy atom. The number of nitrogens with zero attached hydrogens (tertiary/aromatic N) is 1. The molecule has 0 amide bonds. The summed E-state index contributed by atoms with van der Waals surface area (Å²) in [7, 11) is -0.269. The van der Waals surface area contributed by atoms with E-state index in [1.807, 2.05) is 0 Å². The van der Waals surface area contributed by atoms with Crippen LogP contribution in [0.2, 0.25) is 0 Å². The van der Waals surface area contributed by atoms with E-state index in [1.54, 1.807) is 0 Å². The summed E-state index contributed by atoms with van der Waals surface area (Å²) in [4.78, 5) is 2.51. The number of anilines is 1. The van der Waals surface area contributed by atoms with Crippen LogP contribution in [-0.2, 0) is 9.31 Å². The van der Waals surface area contributed by atoms with E-state index in [2.05, 4.69) is 62.2 Å². The minimum Gasteiger partial charge on any atom is -0.399 e. The van der Waals surface area contributed by atoms with E-state index >= 15 is 0 Å². The van der Waals surface area contributed by atoms with Crippen molar-refractivity contribution in [2.75, 3.05) is 31.1 Å². The van der Waals surface area contributed by atoms with Crippen LogP contribution in [0.1, 0.15) is 40.5 Å². The van der Waals surface area contributed by atoms with Gasteiger partial charge in [-0.05, 0) is 63.5 Å². The molecule has 3 heterocycles. The van der Waals surface area contributed by atoms with Gasteiger partial charge in [-0.25, -0.2) is 0 Å². The Hall–Kier alpha value is -1.04. The van der Waals surface area contributed by atoms with Crippen LogP contribution in [0.3, 0.4) is 0 Å². The molecule has 3 fully saturated rings. The van der Waals surface area contributed by atoms with Crippen molar-refractivity contribution in [3.63, 3.8) is 0 Å². The summed E-state index contributed by atoms with van der Waals surface area (Å²) >= 11 is 0. The lowest BCUT2D eigenvalue weighted by Crippen LogP contribution is -2.58. The van der Waals surface area contributed by atoms with Crippen LogP contribution < -0.4 is 15.7 Å². The second kappa shape index (κ2) is 5.48. The minimum absolute atomic E-state index is 0.269. The van der Waals surface area contributed by atoms with Crippen molar-refractivity contribution in [1.29, 1.82) is 0 Å². The number of piperidine rings is 1. The Bertz CT molecular complexity index is 584. The molecule has 4 rings (SSSR count). The third-order valence-electron chi connectivity index (χ3n) is 6.61. The molecule has 24 heavy (non-hydrogen) atoms. The van der Waals surface area contributed by atoms with Crippen molar-refractivity contribution in [3.8, 4) is 0 Å². The van der Waals surface area contributed by atoms with Gasteiger partial charge in [0.15, 0.2) is 0 Å². The van der Waals surface area contributed by atoms with E-state index in [-0.39, 0.29) is 18.3 Å². The fraction of sp³-hybridized carbons (Fsp3) is 0.684. The molecule has 5 heteroatoms. The molecular weight excluding hydrogens is 299 g/mol. The van der Waals surface area contributed by atoms with Gasteiger partial charge in [-0.3, -0.25) is 0 Å². The first-order chi connectivity index (χ1) is 11.3. The molecule has 3 aliphatic heterocycles. The highest BCUT2D eigenvalue weighted by Gasteiger charge is 2.51. The maximum Gasteiger partial charge on any atom is 0.494 e. The molecule has 1 aromatic rings. The fourth-order valence-electron chi connectivity index (χ4n) is 3.89. The normalized spacial score (nSPS) is 27.3. The molecule has 0 bridgehead atoms. The zero-order valence-electron chi connectivity index (χ0n) is 15.4. The van der Waals surface area contributed by atoms with Crippen molar-refractivity contribution >= 4 is 18.3 Å². The lowest BCUT2D eigenvalue weighted by Gasteiger charge is -2.49. The van der Waals surface area contributed by atoms with Crippen molar-refractivity contribution < 1.29 is 9.31 Å². The molecule has 3 aliphatic rings. The summed E-state index contributed by atoms with van der Waals surface area (Å²) in [6.45, 7) is 13.1. The van der Waals surface area contributed by atoms with Gasteiger partial charge < -0.3 is 19.5 Å². The van der Waals surface area contributed by atoms with Gasteiger partial charge in [0.25, 0.3) is 0 Å². The molecule has 0 radical (unpaired) electrons. The topological polar surface area (TPSA) is 33.7 Å². The average Bonchev–Trinajstić information content (AvgIpc) is 2.74. The molecule has 0 aliphatic carbocycles. The van der Waals surface area contributed by atoms with Crippen LogP contribution in [0.5, 0.6) is 0 Å². The predicted octanol–water partition coefficient (Wildman–Crippen LogP) is 2.18. The Balaban J connectivity index is 1.42. The van der Waals surface area contributed by atoms with Gasteiger partial charge in [-0.2, -0.15) is 0 Å². The van der Waals surface area contributed by atoms with Gasteiger partial charge in [0.1, 0.15) is 0 Å². The lowest BCUT2D eigenvalue weighted by molar-refractivity contribution is 0.00578. The van der Waals surface area contributed by atoms with Crippen LogP contribution >= 0.6 is 0 Å². The predicted molar refractivity (Wildman–Crippen MR) is 98.9 cm³/mol. The number of benzene rings is 1. The SMILES string of the molecule is CC1(C)OB(c2ccc(N3CCC4(CC3)CNC4)cc2)OC1(C)C. The first-order valence-electron chi connectivity index (χ1n) is 9.22. The molecule has 0 saturated carbocycles. The smallest absolute Gasteiger partial charge is 0.399 e. The molecule has 1 aromatic carbocycles. The summed E-state index contributed by atoms with van der Waals surface area (Å²) in [6, 6.07) is 8.76. The van der Waals surface area contributed by atoms with Crippen molar-refractivity contribution in [2.45, 2.75) is 51.7 Å². The van der Waals surface area contributed by atoms with Crippen LogP contribution in [0.4, 0.5) is 5.69 Å². The number of hydrogen-bond donors (Lipinski definition) is 1. The Kier molecular flexibility index (Phi) is 3.75.